The summed E-state index contributed by atoms with van der Waals surface area (Å²) >= 11 is 0. The monoisotopic (exact) mass is 307 g/mol. The third-order valence-corrected chi connectivity index (χ3v) is 3.68. The minimum absolute atomic E-state index is 0.0296. The van der Waals surface area contributed by atoms with E-state index in [9.17, 15) is 8.42 Å². The molecule has 0 aliphatic rings. The molecule has 112 valence electrons. The molecule has 0 saturated heterocycles. The van der Waals surface area contributed by atoms with Crippen LogP contribution in [0.5, 0.6) is 0 Å². The van der Waals surface area contributed by atoms with Gasteiger partial charge in [0.15, 0.2) is 0 Å². The van der Waals surface area contributed by atoms with Crippen molar-refractivity contribution >= 4 is 27.1 Å². The van der Waals surface area contributed by atoms with E-state index in [1.54, 1.807) is 13.2 Å². The fourth-order valence-corrected chi connectivity index (χ4v) is 2.52. The summed E-state index contributed by atoms with van der Waals surface area (Å²) in [5, 5.41) is 8.22. The lowest BCUT2D eigenvalue weighted by Crippen LogP contribution is -2.12. The van der Waals surface area contributed by atoms with E-state index in [1.807, 2.05) is 24.3 Å². The molecular weight excluding hydrogens is 290 g/mol. The number of benzene rings is 2. The lowest BCUT2D eigenvalue weighted by Gasteiger charge is -2.10. The Labute approximate surface area is 123 Å². The normalized spacial score (nSPS) is 11.3. The maximum absolute atomic E-state index is 11.4. The van der Waals surface area contributed by atoms with E-state index in [4.69, 9.17) is 15.6 Å². The van der Waals surface area contributed by atoms with E-state index in [-0.39, 0.29) is 4.90 Å². The van der Waals surface area contributed by atoms with E-state index in [1.165, 1.54) is 12.1 Å². The predicted octanol–water partition coefficient (Wildman–Crippen LogP) is 1.81. The van der Waals surface area contributed by atoms with Crippen molar-refractivity contribution in [1.82, 2.24) is 0 Å². The van der Waals surface area contributed by atoms with Crippen molar-refractivity contribution in [1.29, 1.82) is 0 Å². The Kier molecular flexibility index (Phi) is 4.46. The van der Waals surface area contributed by atoms with Crippen LogP contribution >= 0.6 is 0 Å². The van der Waals surface area contributed by atoms with Crippen molar-refractivity contribution < 1.29 is 13.2 Å². The highest BCUT2D eigenvalue weighted by molar-refractivity contribution is 7.89. The molecule has 0 radical (unpaired) electrons. The standard InChI is InChI=1S/C14H17N3O3S/c1-20-9-10-3-2-4-12(5-10)17-13-6-11(15)7-14(8-13)21(16,18)19/h2-8,17H,9,15H2,1H3,(H2,16,18,19). The molecule has 7 heteroatoms. The van der Waals surface area contributed by atoms with Gasteiger partial charge >= 0.3 is 0 Å². The lowest BCUT2D eigenvalue weighted by molar-refractivity contribution is 0.185. The number of hydrogen-bond donors (Lipinski definition) is 3. The Morgan fingerprint density at radius 3 is 2.57 bits per heavy atom. The largest absolute Gasteiger partial charge is 0.399 e. The maximum atomic E-state index is 11.4. The molecule has 0 amide bonds. The van der Waals surface area contributed by atoms with Gasteiger partial charge in [0.25, 0.3) is 0 Å². The number of rotatable bonds is 5. The number of nitrogens with one attached hydrogen (secondary N) is 1. The van der Waals surface area contributed by atoms with Crippen LogP contribution in [0, 0.1) is 0 Å². The third-order valence-electron chi connectivity index (χ3n) is 2.78. The Morgan fingerprint density at radius 2 is 1.90 bits per heavy atom. The van der Waals surface area contributed by atoms with Gasteiger partial charge in [0.05, 0.1) is 11.5 Å². The first-order valence-electron chi connectivity index (χ1n) is 6.17. The highest BCUT2D eigenvalue weighted by Gasteiger charge is 2.10. The minimum atomic E-state index is -3.80. The van der Waals surface area contributed by atoms with E-state index in [0.717, 1.165) is 11.3 Å². The SMILES string of the molecule is COCc1cccc(Nc2cc(N)cc(S(N)(=O)=O)c2)c1. The minimum Gasteiger partial charge on any atom is -0.399 e. The van der Waals surface area contributed by atoms with Crippen molar-refractivity contribution in [2.45, 2.75) is 11.5 Å². The molecule has 0 bridgehead atoms. The van der Waals surface area contributed by atoms with Crippen LogP contribution in [-0.2, 0) is 21.4 Å². The summed E-state index contributed by atoms with van der Waals surface area (Å²) < 4.78 is 27.9. The number of methoxy groups -OCH3 is 1. The van der Waals surface area contributed by atoms with Crippen LogP contribution in [0.25, 0.3) is 0 Å². The molecule has 0 unspecified atom stereocenters. The summed E-state index contributed by atoms with van der Waals surface area (Å²) in [5.74, 6) is 0. The summed E-state index contributed by atoms with van der Waals surface area (Å²) in [6.07, 6.45) is 0. The predicted molar refractivity (Wildman–Crippen MR) is 82.7 cm³/mol. The topological polar surface area (TPSA) is 107 Å². The Morgan fingerprint density at radius 1 is 1.14 bits per heavy atom. The highest BCUT2D eigenvalue weighted by atomic mass is 32.2. The molecule has 0 aliphatic carbocycles. The summed E-state index contributed by atoms with van der Waals surface area (Å²) in [5.41, 5.74) is 8.37. The van der Waals surface area contributed by atoms with Crippen molar-refractivity contribution in [3.63, 3.8) is 0 Å². The van der Waals surface area contributed by atoms with Gasteiger partial charge in [-0.1, -0.05) is 12.1 Å². The Bertz CT molecular complexity index is 745. The second-order valence-electron chi connectivity index (χ2n) is 4.59. The molecule has 0 spiro atoms. The number of nitrogens with two attached hydrogens (primary N) is 2. The molecule has 0 fully saturated rings. The zero-order valence-corrected chi connectivity index (χ0v) is 12.4. The van der Waals surface area contributed by atoms with Gasteiger partial charge in [-0.15, -0.1) is 0 Å². The number of sulfonamides is 1. The number of hydrogen-bond acceptors (Lipinski definition) is 5. The van der Waals surface area contributed by atoms with Crippen molar-refractivity contribution in [3.8, 4) is 0 Å². The van der Waals surface area contributed by atoms with Crippen LogP contribution in [0.3, 0.4) is 0 Å². The van der Waals surface area contributed by atoms with Gasteiger partial charge in [0.2, 0.25) is 10.0 Å². The molecular formula is C14H17N3O3S. The van der Waals surface area contributed by atoms with Gasteiger partial charge in [-0.3, -0.25) is 0 Å². The smallest absolute Gasteiger partial charge is 0.238 e. The van der Waals surface area contributed by atoms with Gasteiger partial charge in [0.1, 0.15) is 0 Å². The number of primary sulfonamides is 1. The maximum Gasteiger partial charge on any atom is 0.238 e. The summed E-state index contributed by atoms with van der Waals surface area (Å²) in [6.45, 7) is 0.495. The van der Waals surface area contributed by atoms with Crippen LogP contribution in [0.2, 0.25) is 0 Å². The van der Waals surface area contributed by atoms with Crippen molar-refractivity contribution in [3.05, 3.63) is 48.0 Å². The van der Waals surface area contributed by atoms with Gasteiger partial charge in [-0.05, 0) is 35.9 Å². The van der Waals surface area contributed by atoms with Crippen molar-refractivity contribution in [2.24, 2.45) is 5.14 Å². The second kappa shape index (κ2) is 6.13. The second-order valence-corrected chi connectivity index (χ2v) is 6.16. The van der Waals surface area contributed by atoms with E-state index in [0.29, 0.717) is 18.0 Å². The van der Waals surface area contributed by atoms with Crippen LogP contribution in [-0.4, -0.2) is 15.5 Å². The first-order valence-corrected chi connectivity index (χ1v) is 7.71. The quantitative estimate of drug-likeness (QED) is 0.730. The number of ether oxygens (including phenoxy) is 1. The summed E-state index contributed by atoms with van der Waals surface area (Å²) in [7, 11) is -2.18. The number of nitrogen functional groups attached to an aromatic ring is 1. The Hall–Kier alpha value is -2.09. The molecule has 0 atom stereocenters. The lowest BCUT2D eigenvalue weighted by atomic mass is 10.2. The molecule has 0 heterocycles. The molecule has 6 nitrogen and oxygen atoms in total. The molecule has 2 aromatic rings. The van der Waals surface area contributed by atoms with Crippen LogP contribution < -0.4 is 16.2 Å². The first-order chi connectivity index (χ1) is 9.88. The molecule has 0 aromatic heterocycles. The van der Waals surface area contributed by atoms with E-state index < -0.39 is 10.0 Å². The zero-order chi connectivity index (χ0) is 15.5. The van der Waals surface area contributed by atoms with Gasteiger partial charge < -0.3 is 15.8 Å². The Balaban J connectivity index is 2.31. The molecule has 2 rings (SSSR count). The van der Waals surface area contributed by atoms with Crippen LogP contribution in [0.15, 0.2) is 47.4 Å². The zero-order valence-electron chi connectivity index (χ0n) is 11.5. The first kappa shape index (κ1) is 15.3. The average Bonchev–Trinajstić information content (AvgIpc) is 2.38. The van der Waals surface area contributed by atoms with E-state index >= 15 is 0 Å². The molecule has 0 aliphatic heterocycles. The van der Waals surface area contributed by atoms with Gasteiger partial charge in [-0.2, -0.15) is 0 Å². The number of anilines is 3. The molecule has 21 heavy (non-hydrogen) atoms. The molecule has 0 saturated carbocycles. The van der Waals surface area contributed by atoms with Crippen molar-refractivity contribution in [2.75, 3.05) is 18.2 Å². The fraction of sp³-hybridized carbons (Fsp3) is 0.143. The summed E-state index contributed by atoms with van der Waals surface area (Å²) in [6, 6.07) is 12.0. The van der Waals surface area contributed by atoms with Gasteiger partial charge in [0, 0.05) is 24.2 Å². The molecule has 5 N–H and O–H groups in total. The third kappa shape index (κ3) is 4.19. The molecule has 2 aromatic carbocycles. The van der Waals surface area contributed by atoms with E-state index in [2.05, 4.69) is 5.32 Å². The fourth-order valence-electron chi connectivity index (χ4n) is 1.93. The average molecular weight is 307 g/mol. The highest BCUT2D eigenvalue weighted by Crippen LogP contribution is 2.23. The van der Waals surface area contributed by atoms with Crippen LogP contribution in [0.1, 0.15) is 5.56 Å². The van der Waals surface area contributed by atoms with Crippen LogP contribution in [0.4, 0.5) is 17.1 Å². The van der Waals surface area contributed by atoms with Gasteiger partial charge in [-0.25, -0.2) is 13.6 Å². The summed E-state index contributed by atoms with van der Waals surface area (Å²) in [4.78, 5) is -0.0296.